The molecule has 0 amide bonds. The summed E-state index contributed by atoms with van der Waals surface area (Å²) in [6.45, 7) is 4.65. The molecule has 0 fully saturated rings. The Hall–Kier alpha value is -1.23. The van der Waals surface area contributed by atoms with Crippen molar-refractivity contribution in [1.29, 1.82) is 0 Å². The molecule has 0 aliphatic rings. The van der Waals surface area contributed by atoms with Crippen molar-refractivity contribution in [1.82, 2.24) is 0 Å². The van der Waals surface area contributed by atoms with Gasteiger partial charge in [-0.15, -0.1) is 0 Å². The van der Waals surface area contributed by atoms with Crippen LogP contribution in [0.1, 0.15) is 6.92 Å². The highest BCUT2D eigenvalue weighted by Gasteiger charge is 2.11. The Morgan fingerprint density at radius 1 is 0.680 bits per heavy atom. The van der Waals surface area contributed by atoms with Crippen molar-refractivity contribution in [2.24, 2.45) is 0 Å². The number of ether oxygens (including phenoxy) is 6. The number of esters is 1. The van der Waals surface area contributed by atoms with Crippen molar-refractivity contribution in [3.05, 3.63) is 11.8 Å². The van der Waals surface area contributed by atoms with Gasteiger partial charge < -0.3 is 38.6 Å². The maximum absolute atomic E-state index is 11.7. The molecule has 0 bridgehead atoms. The van der Waals surface area contributed by atoms with Gasteiger partial charge in [0.15, 0.2) is 5.76 Å². The van der Waals surface area contributed by atoms with E-state index in [9.17, 15) is 4.79 Å². The van der Waals surface area contributed by atoms with Gasteiger partial charge in [-0.05, 0) is 13.0 Å². The zero-order valence-corrected chi connectivity index (χ0v) is 14.8. The minimum absolute atomic E-state index is 0.000697. The van der Waals surface area contributed by atoms with Crippen LogP contribution in [0.5, 0.6) is 0 Å². The molecule has 0 aromatic heterocycles. The van der Waals surface area contributed by atoms with E-state index in [4.69, 9.17) is 38.6 Å². The molecule has 2 N–H and O–H groups in total. The fourth-order valence-corrected chi connectivity index (χ4v) is 1.51. The highest BCUT2D eigenvalue weighted by Crippen LogP contribution is 2.01. The molecule has 0 aromatic rings. The number of hydrogen-bond acceptors (Lipinski definition) is 9. The van der Waals surface area contributed by atoms with Gasteiger partial charge in [0.1, 0.15) is 13.2 Å². The zero-order chi connectivity index (χ0) is 18.6. The standard InChI is InChI=1S/C16H30O9/c1-2-15(24-13-11-21-6-4-18)16(19)25-14-12-23-10-9-22-8-7-20-5-3-17/h2,17-18H,3-14H2,1H3. The van der Waals surface area contributed by atoms with Crippen LogP contribution in [0.4, 0.5) is 0 Å². The average Bonchev–Trinajstić information content (AvgIpc) is 2.62. The van der Waals surface area contributed by atoms with Crippen molar-refractivity contribution < 1.29 is 43.4 Å². The summed E-state index contributed by atoms with van der Waals surface area (Å²) in [5, 5.41) is 17.1. The van der Waals surface area contributed by atoms with Gasteiger partial charge >= 0.3 is 5.97 Å². The number of carbonyl (C=O) groups excluding carboxylic acids is 1. The summed E-state index contributed by atoms with van der Waals surface area (Å²) < 4.78 is 30.8. The van der Waals surface area contributed by atoms with Crippen LogP contribution < -0.4 is 0 Å². The summed E-state index contributed by atoms with van der Waals surface area (Å²) in [7, 11) is 0. The van der Waals surface area contributed by atoms with Crippen molar-refractivity contribution in [2.45, 2.75) is 6.92 Å². The smallest absolute Gasteiger partial charge is 0.373 e. The molecule has 0 heterocycles. The van der Waals surface area contributed by atoms with Gasteiger partial charge in [0, 0.05) is 0 Å². The molecule has 0 radical (unpaired) electrons. The largest absolute Gasteiger partial charge is 0.484 e. The van der Waals surface area contributed by atoms with Crippen LogP contribution in [0.15, 0.2) is 11.8 Å². The Bertz CT molecular complexity index is 334. The van der Waals surface area contributed by atoms with Gasteiger partial charge in [-0.2, -0.15) is 0 Å². The molecule has 0 unspecified atom stereocenters. The Morgan fingerprint density at radius 2 is 1.08 bits per heavy atom. The second kappa shape index (κ2) is 19.1. The predicted octanol–water partition coefficient (Wildman–Crippen LogP) is -0.499. The van der Waals surface area contributed by atoms with E-state index in [0.29, 0.717) is 33.0 Å². The third kappa shape index (κ3) is 16.0. The molecule has 0 spiro atoms. The van der Waals surface area contributed by atoms with Crippen molar-refractivity contribution in [2.75, 3.05) is 79.3 Å². The van der Waals surface area contributed by atoms with Gasteiger partial charge in [-0.3, -0.25) is 0 Å². The first-order chi connectivity index (χ1) is 12.3. The molecule has 9 heteroatoms. The number of aliphatic hydroxyl groups excluding tert-OH is 2. The summed E-state index contributed by atoms with van der Waals surface area (Å²) in [6.07, 6.45) is 1.52. The van der Waals surface area contributed by atoms with Crippen molar-refractivity contribution in [3.63, 3.8) is 0 Å². The topological polar surface area (TPSA) is 113 Å². The minimum atomic E-state index is -0.564. The normalized spacial score (nSPS) is 11.6. The summed E-state index contributed by atoms with van der Waals surface area (Å²) in [5.41, 5.74) is 0. The second-order valence-corrected chi connectivity index (χ2v) is 4.53. The first-order valence-corrected chi connectivity index (χ1v) is 8.25. The second-order valence-electron chi connectivity index (χ2n) is 4.53. The molecule has 0 aliphatic carbocycles. The Labute approximate surface area is 148 Å². The van der Waals surface area contributed by atoms with E-state index in [1.165, 1.54) is 6.08 Å². The SMILES string of the molecule is CC=C(OCCOCCO)C(=O)OCCOCCOCCOCCO. The maximum Gasteiger partial charge on any atom is 0.373 e. The number of allylic oxidation sites excluding steroid dienone is 1. The molecule has 0 saturated heterocycles. The van der Waals surface area contributed by atoms with E-state index in [1.54, 1.807) is 6.92 Å². The summed E-state index contributed by atoms with van der Waals surface area (Å²) in [4.78, 5) is 11.7. The van der Waals surface area contributed by atoms with Crippen LogP contribution >= 0.6 is 0 Å². The Kier molecular flexibility index (Phi) is 18.2. The molecule has 25 heavy (non-hydrogen) atoms. The lowest BCUT2D eigenvalue weighted by molar-refractivity contribution is -0.145. The quantitative estimate of drug-likeness (QED) is 0.143. The summed E-state index contributed by atoms with van der Waals surface area (Å²) in [5.74, 6) is -0.454. The van der Waals surface area contributed by atoms with Crippen LogP contribution in [0.3, 0.4) is 0 Å². The molecular weight excluding hydrogens is 336 g/mol. The maximum atomic E-state index is 11.7. The third-order valence-corrected chi connectivity index (χ3v) is 2.62. The predicted molar refractivity (Wildman–Crippen MR) is 88.1 cm³/mol. The average molecular weight is 366 g/mol. The number of aliphatic hydroxyl groups is 2. The first-order valence-electron chi connectivity index (χ1n) is 8.25. The van der Waals surface area contributed by atoms with Gasteiger partial charge in [0.05, 0.1) is 66.1 Å². The lowest BCUT2D eigenvalue weighted by Crippen LogP contribution is -2.17. The molecule has 148 valence electrons. The van der Waals surface area contributed by atoms with Gasteiger partial charge in [0.25, 0.3) is 0 Å². The van der Waals surface area contributed by atoms with Crippen molar-refractivity contribution in [3.8, 4) is 0 Å². The Morgan fingerprint density at radius 3 is 1.52 bits per heavy atom. The molecule has 0 rings (SSSR count). The van der Waals surface area contributed by atoms with Crippen LogP contribution in [-0.2, 0) is 33.2 Å². The molecule has 0 atom stereocenters. The van der Waals surface area contributed by atoms with Crippen LogP contribution in [0.2, 0.25) is 0 Å². The fourth-order valence-electron chi connectivity index (χ4n) is 1.51. The molecular formula is C16H30O9. The van der Waals surface area contributed by atoms with Crippen LogP contribution in [0.25, 0.3) is 0 Å². The molecule has 0 saturated carbocycles. The van der Waals surface area contributed by atoms with Gasteiger partial charge in [0.2, 0.25) is 0 Å². The number of hydrogen-bond donors (Lipinski definition) is 2. The van der Waals surface area contributed by atoms with Crippen LogP contribution in [-0.4, -0.2) is 95.5 Å². The lowest BCUT2D eigenvalue weighted by atomic mass is 10.4. The number of carbonyl (C=O) groups is 1. The van der Waals surface area contributed by atoms with E-state index in [-0.39, 0.29) is 52.0 Å². The molecule has 9 nitrogen and oxygen atoms in total. The van der Waals surface area contributed by atoms with Crippen LogP contribution in [0, 0.1) is 0 Å². The first kappa shape index (κ1) is 23.8. The zero-order valence-electron chi connectivity index (χ0n) is 14.8. The number of rotatable bonds is 18. The highest BCUT2D eigenvalue weighted by atomic mass is 16.6. The lowest BCUT2D eigenvalue weighted by Gasteiger charge is -2.10. The van der Waals surface area contributed by atoms with E-state index in [0.717, 1.165) is 0 Å². The van der Waals surface area contributed by atoms with Crippen molar-refractivity contribution >= 4 is 5.97 Å². The van der Waals surface area contributed by atoms with Gasteiger partial charge in [-0.1, -0.05) is 0 Å². The monoisotopic (exact) mass is 366 g/mol. The van der Waals surface area contributed by atoms with Gasteiger partial charge in [-0.25, -0.2) is 4.79 Å². The minimum Gasteiger partial charge on any atom is -0.484 e. The molecule has 0 aliphatic heterocycles. The molecule has 0 aromatic carbocycles. The van der Waals surface area contributed by atoms with E-state index in [1.807, 2.05) is 0 Å². The Balaban J connectivity index is 3.48. The fraction of sp³-hybridized carbons (Fsp3) is 0.812. The summed E-state index contributed by atoms with van der Waals surface area (Å²) in [6, 6.07) is 0. The van der Waals surface area contributed by atoms with E-state index < -0.39 is 5.97 Å². The highest BCUT2D eigenvalue weighted by molar-refractivity contribution is 5.86. The van der Waals surface area contributed by atoms with E-state index in [2.05, 4.69) is 0 Å². The third-order valence-electron chi connectivity index (χ3n) is 2.62. The van der Waals surface area contributed by atoms with E-state index >= 15 is 0 Å². The summed E-state index contributed by atoms with van der Waals surface area (Å²) >= 11 is 0.